The van der Waals surface area contributed by atoms with Crippen molar-refractivity contribution in [3.8, 4) is 0 Å². The van der Waals surface area contributed by atoms with Crippen LogP contribution in [0.4, 0.5) is 10.9 Å². The molecule has 0 spiro atoms. The summed E-state index contributed by atoms with van der Waals surface area (Å²) in [6.45, 7) is 0. The van der Waals surface area contributed by atoms with Crippen LogP contribution in [-0.4, -0.2) is 32.5 Å². The summed E-state index contributed by atoms with van der Waals surface area (Å²) in [4.78, 5) is 26.9. The number of aromatic nitrogens is 4. The highest BCUT2D eigenvalue weighted by molar-refractivity contribution is 7.22. The molecule has 1 aliphatic carbocycles. The maximum Gasteiger partial charge on any atom is 0.229 e. The van der Waals surface area contributed by atoms with E-state index in [1.54, 1.807) is 6.33 Å². The standard InChI is InChI=1S/C16H20N6OS/c1-17-13-10-12(22(2)8-18-10)11-15(20-13)24-16(19-11)21-14(23)9-6-4-3-5-7-9/h8-9H,3-7H2,1-2H3,(H,17,20)(H,19,21,23). The minimum Gasteiger partial charge on any atom is -0.371 e. The fourth-order valence-electron chi connectivity index (χ4n) is 3.38. The van der Waals surface area contributed by atoms with Gasteiger partial charge >= 0.3 is 0 Å². The summed E-state index contributed by atoms with van der Waals surface area (Å²) >= 11 is 1.41. The van der Waals surface area contributed by atoms with Gasteiger partial charge in [0.1, 0.15) is 21.4 Å². The van der Waals surface area contributed by atoms with Gasteiger partial charge in [0.15, 0.2) is 10.9 Å². The van der Waals surface area contributed by atoms with E-state index >= 15 is 0 Å². The lowest BCUT2D eigenvalue weighted by molar-refractivity contribution is -0.120. The molecule has 0 aromatic carbocycles. The van der Waals surface area contributed by atoms with E-state index < -0.39 is 0 Å². The van der Waals surface area contributed by atoms with E-state index in [1.165, 1.54) is 17.8 Å². The average molecular weight is 344 g/mol. The van der Waals surface area contributed by atoms with Gasteiger partial charge in [0, 0.05) is 20.0 Å². The first-order valence-corrected chi connectivity index (χ1v) is 9.09. The number of fused-ring (bicyclic) bond motifs is 3. The van der Waals surface area contributed by atoms with Gasteiger partial charge in [0.05, 0.1) is 6.33 Å². The highest BCUT2D eigenvalue weighted by Crippen LogP contribution is 2.33. The first kappa shape index (κ1) is 15.3. The number of thiazole rings is 1. The summed E-state index contributed by atoms with van der Waals surface area (Å²) in [6, 6.07) is 0. The van der Waals surface area contributed by atoms with E-state index in [2.05, 4.69) is 25.6 Å². The first-order chi connectivity index (χ1) is 11.7. The highest BCUT2D eigenvalue weighted by atomic mass is 32.1. The van der Waals surface area contributed by atoms with Crippen molar-refractivity contribution in [2.75, 3.05) is 17.7 Å². The van der Waals surface area contributed by atoms with Crippen molar-refractivity contribution in [1.82, 2.24) is 19.5 Å². The van der Waals surface area contributed by atoms with Gasteiger partial charge < -0.3 is 15.2 Å². The van der Waals surface area contributed by atoms with Gasteiger partial charge in [0.25, 0.3) is 0 Å². The molecule has 1 amide bonds. The Balaban J connectivity index is 1.71. The summed E-state index contributed by atoms with van der Waals surface area (Å²) in [5.41, 5.74) is 2.51. The Bertz CT molecular complexity index is 908. The Morgan fingerprint density at radius 3 is 2.79 bits per heavy atom. The number of imidazole rings is 1. The SMILES string of the molecule is CNc1nc2sc(NC(=O)C3CCCCC3)nc2c2c1ncn2C. The molecule has 24 heavy (non-hydrogen) atoms. The number of carbonyl (C=O) groups excluding carboxylic acids is 1. The van der Waals surface area contributed by atoms with Crippen LogP contribution in [0.2, 0.25) is 0 Å². The third kappa shape index (κ3) is 2.50. The van der Waals surface area contributed by atoms with Crippen LogP contribution in [0.5, 0.6) is 0 Å². The number of amides is 1. The van der Waals surface area contributed by atoms with Gasteiger partial charge in [-0.05, 0) is 12.8 Å². The van der Waals surface area contributed by atoms with E-state index in [1.807, 2.05) is 18.7 Å². The normalized spacial score (nSPS) is 15.9. The van der Waals surface area contributed by atoms with Gasteiger partial charge in [-0.1, -0.05) is 30.6 Å². The zero-order valence-corrected chi connectivity index (χ0v) is 14.6. The van der Waals surface area contributed by atoms with Crippen molar-refractivity contribution < 1.29 is 4.79 Å². The molecule has 0 unspecified atom stereocenters. The number of hydrogen-bond donors (Lipinski definition) is 2. The van der Waals surface area contributed by atoms with E-state index in [0.717, 1.165) is 52.9 Å². The molecule has 1 fully saturated rings. The minimum atomic E-state index is 0.0869. The smallest absolute Gasteiger partial charge is 0.229 e. The van der Waals surface area contributed by atoms with Gasteiger partial charge in [-0.3, -0.25) is 4.79 Å². The Morgan fingerprint density at radius 2 is 2.04 bits per heavy atom. The molecule has 0 radical (unpaired) electrons. The van der Waals surface area contributed by atoms with Crippen LogP contribution >= 0.6 is 11.3 Å². The van der Waals surface area contributed by atoms with Crippen molar-refractivity contribution >= 4 is 49.6 Å². The quantitative estimate of drug-likeness (QED) is 0.762. The van der Waals surface area contributed by atoms with Crippen LogP contribution in [0.1, 0.15) is 32.1 Å². The van der Waals surface area contributed by atoms with Crippen LogP contribution in [0.25, 0.3) is 21.4 Å². The minimum absolute atomic E-state index is 0.0869. The van der Waals surface area contributed by atoms with Crippen LogP contribution in [-0.2, 0) is 11.8 Å². The summed E-state index contributed by atoms with van der Waals surface area (Å²) in [5, 5.41) is 6.69. The average Bonchev–Trinajstić information content (AvgIpc) is 3.18. The molecule has 0 atom stereocenters. The van der Waals surface area contributed by atoms with Crippen molar-refractivity contribution in [3.05, 3.63) is 6.33 Å². The van der Waals surface area contributed by atoms with Gasteiger partial charge in [0.2, 0.25) is 5.91 Å². The fourth-order valence-corrected chi connectivity index (χ4v) is 4.23. The molecular formula is C16H20N6OS. The number of pyridine rings is 1. The number of anilines is 2. The Labute approximate surface area is 143 Å². The largest absolute Gasteiger partial charge is 0.371 e. The second-order valence-electron chi connectivity index (χ2n) is 6.26. The predicted octanol–water partition coefficient (Wildman–Crippen LogP) is 3.14. The van der Waals surface area contributed by atoms with Crippen molar-refractivity contribution in [2.24, 2.45) is 13.0 Å². The summed E-state index contributed by atoms with van der Waals surface area (Å²) in [5.74, 6) is 0.930. The molecule has 4 rings (SSSR count). The Kier molecular flexibility index (Phi) is 3.84. The molecule has 0 bridgehead atoms. The lowest BCUT2D eigenvalue weighted by atomic mass is 9.89. The zero-order chi connectivity index (χ0) is 16.7. The van der Waals surface area contributed by atoms with E-state index in [-0.39, 0.29) is 11.8 Å². The van der Waals surface area contributed by atoms with E-state index in [4.69, 9.17) is 0 Å². The zero-order valence-electron chi connectivity index (χ0n) is 13.8. The van der Waals surface area contributed by atoms with Crippen LogP contribution in [0.15, 0.2) is 6.33 Å². The number of rotatable bonds is 3. The fraction of sp³-hybridized carbons (Fsp3) is 0.500. The Hall–Kier alpha value is -2.22. The third-order valence-electron chi connectivity index (χ3n) is 4.65. The lowest BCUT2D eigenvalue weighted by Gasteiger charge is -2.19. The molecule has 8 heteroatoms. The van der Waals surface area contributed by atoms with Crippen LogP contribution in [0.3, 0.4) is 0 Å². The number of carbonyl (C=O) groups is 1. The van der Waals surface area contributed by atoms with Gasteiger partial charge in [-0.15, -0.1) is 0 Å². The van der Waals surface area contributed by atoms with E-state index in [9.17, 15) is 4.79 Å². The molecule has 3 aromatic rings. The monoisotopic (exact) mass is 344 g/mol. The van der Waals surface area contributed by atoms with E-state index in [0.29, 0.717) is 5.13 Å². The second kappa shape index (κ2) is 6.01. The molecule has 7 nitrogen and oxygen atoms in total. The van der Waals surface area contributed by atoms with Gasteiger partial charge in [-0.25, -0.2) is 15.0 Å². The molecule has 0 aliphatic heterocycles. The second-order valence-corrected chi connectivity index (χ2v) is 7.24. The summed E-state index contributed by atoms with van der Waals surface area (Å²) < 4.78 is 1.94. The highest BCUT2D eigenvalue weighted by Gasteiger charge is 2.23. The molecule has 126 valence electrons. The van der Waals surface area contributed by atoms with Crippen molar-refractivity contribution in [1.29, 1.82) is 0 Å². The van der Waals surface area contributed by atoms with Gasteiger partial charge in [-0.2, -0.15) is 0 Å². The molecule has 1 aliphatic rings. The molecule has 1 saturated carbocycles. The predicted molar refractivity (Wildman–Crippen MR) is 96.4 cm³/mol. The third-order valence-corrected chi connectivity index (χ3v) is 5.52. The number of nitrogens with zero attached hydrogens (tertiary/aromatic N) is 4. The molecule has 2 N–H and O–H groups in total. The number of hydrogen-bond acceptors (Lipinski definition) is 6. The lowest BCUT2D eigenvalue weighted by Crippen LogP contribution is -2.24. The molecule has 0 saturated heterocycles. The maximum absolute atomic E-state index is 12.5. The summed E-state index contributed by atoms with van der Waals surface area (Å²) in [6.07, 6.45) is 7.23. The summed E-state index contributed by atoms with van der Waals surface area (Å²) in [7, 11) is 3.77. The number of aryl methyl sites for hydroxylation is 1. The van der Waals surface area contributed by atoms with Crippen molar-refractivity contribution in [2.45, 2.75) is 32.1 Å². The van der Waals surface area contributed by atoms with Crippen LogP contribution < -0.4 is 10.6 Å². The first-order valence-electron chi connectivity index (χ1n) is 8.27. The molecular weight excluding hydrogens is 324 g/mol. The van der Waals surface area contributed by atoms with Crippen molar-refractivity contribution in [3.63, 3.8) is 0 Å². The maximum atomic E-state index is 12.5. The molecule has 3 aromatic heterocycles. The van der Waals surface area contributed by atoms with Crippen LogP contribution in [0, 0.1) is 5.92 Å². The Morgan fingerprint density at radius 1 is 1.25 bits per heavy atom. The molecule has 3 heterocycles. The topological polar surface area (TPSA) is 84.7 Å². The number of nitrogens with one attached hydrogen (secondary N) is 2.